The molecule has 3 aromatic rings. The Labute approximate surface area is 252 Å². The number of para-hydroxylation sites is 2. The maximum Gasteiger partial charge on any atom is 0.573 e. The van der Waals surface area contributed by atoms with Gasteiger partial charge in [-0.2, -0.15) is 0 Å². The molecule has 2 fully saturated rings. The summed E-state index contributed by atoms with van der Waals surface area (Å²) in [6.07, 6.45) is -0.472. The van der Waals surface area contributed by atoms with E-state index >= 15 is 0 Å². The van der Waals surface area contributed by atoms with Crippen LogP contribution in [0.4, 0.5) is 30.2 Å². The third-order valence-electron chi connectivity index (χ3n) is 7.41. The van der Waals surface area contributed by atoms with Gasteiger partial charge in [-0.3, -0.25) is 19.5 Å². The first-order chi connectivity index (χ1) is 21.2. The molecule has 230 valence electrons. The van der Waals surface area contributed by atoms with Crippen LogP contribution >= 0.6 is 0 Å². The molecule has 2 heterocycles. The summed E-state index contributed by atoms with van der Waals surface area (Å²) in [6, 6.07) is 18.8. The van der Waals surface area contributed by atoms with Gasteiger partial charge in [-0.1, -0.05) is 36.4 Å². The van der Waals surface area contributed by atoms with Crippen molar-refractivity contribution in [3.05, 3.63) is 90.0 Å². The Morgan fingerprint density at radius 2 is 1.82 bits per heavy atom. The number of ether oxygens (including phenoxy) is 2. The SMILES string of the molecule is C=Nc1ccccc1NC(=O)/C=C/c1ccc(C(NCCN2CC3CC2CO3)C(=O)Nc2ccc(OC(F)(F)F)cc2)cc1. The lowest BCUT2D eigenvalue weighted by Crippen LogP contribution is -2.43. The Hall–Kier alpha value is -4.52. The third-order valence-corrected chi connectivity index (χ3v) is 7.41. The van der Waals surface area contributed by atoms with Crippen molar-refractivity contribution >= 4 is 41.7 Å². The quantitative estimate of drug-likeness (QED) is 0.191. The zero-order valence-corrected chi connectivity index (χ0v) is 23.7. The number of halogens is 3. The summed E-state index contributed by atoms with van der Waals surface area (Å²) in [5, 5.41) is 8.87. The molecule has 0 aromatic heterocycles. The lowest BCUT2D eigenvalue weighted by molar-refractivity contribution is -0.274. The summed E-state index contributed by atoms with van der Waals surface area (Å²) in [5.74, 6) is -1.09. The van der Waals surface area contributed by atoms with Gasteiger partial charge < -0.3 is 25.4 Å². The lowest BCUT2D eigenvalue weighted by Gasteiger charge is -2.27. The largest absolute Gasteiger partial charge is 0.573 e. The topological polar surface area (TPSA) is 104 Å². The van der Waals surface area contributed by atoms with Gasteiger partial charge in [0.1, 0.15) is 11.8 Å². The number of likely N-dealkylation sites (tertiary alicyclic amines) is 1. The van der Waals surface area contributed by atoms with Gasteiger partial charge in [0.05, 0.1) is 24.1 Å². The first kappa shape index (κ1) is 30.9. The normalized spacial score (nSPS) is 18.7. The van der Waals surface area contributed by atoms with Gasteiger partial charge in [-0.25, -0.2) is 0 Å². The van der Waals surface area contributed by atoms with Crippen molar-refractivity contribution in [2.24, 2.45) is 4.99 Å². The highest BCUT2D eigenvalue weighted by atomic mass is 19.4. The van der Waals surface area contributed by atoms with Crippen LogP contribution in [0.2, 0.25) is 0 Å². The van der Waals surface area contributed by atoms with E-state index in [2.05, 4.69) is 37.3 Å². The molecule has 5 rings (SSSR count). The number of benzene rings is 3. The van der Waals surface area contributed by atoms with Crippen molar-refractivity contribution in [1.82, 2.24) is 10.2 Å². The molecule has 3 unspecified atom stereocenters. The maximum absolute atomic E-state index is 13.4. The Kier molecular flexibility index (Phi) is 9.73. The molecule has 0 aliphatic carbocycles. The molecule has 0 radical (unpaired) electrons. The molecule has 3 atom stereocenters. The third kappa shape index (κ3) is 8.31. The Balaban J connectivity index is 1.24. The molecule has 2 aliphatic rings. The zero-order valence-electron chi connectivity index (χ0n) is 23.7. The number of rotatable bonds is 12. The smallest absolute Gasteiger partial charge is 0.406 e. The predicted molar refractivity (Wildman–Crippen MR) is 162 cm³/mol. The van der Waals surface area contributed by atoms with Crippen LogP contribution in [-0.2, 0) is 14.3 Å². The van der Waals surface area contributed by atoms with Crippen molar-refractivity contribution < 1.29 is 32.2 Å². The van der Waals surface area contributed by atoms with Crippen LogP contribution in [0.25, 0.3) is 6.08 Å². The van der Waals surface area contributed by atoms with Crippen LogP contribution in [-0.4, -0.2) is 68.2 Å². The van der Waals surface area contributed by atoms with E-state index in [0.29, 0.717) is 41.8 Å². The van der Waals surface area contributed by atoms with Gasteiger partial charge in [0.2, 0.25) is 11.8 Å². The Morgan fingerprint density at radius 1 is 1.07 bits per heavy atom. The molecule has 0 saturated carbocycles. The number of aliphatic imine (C=N–C) groups is 1. The monoisotopic (exact) mass is 607 g/mol. The molecule has 2 aliphatic heterocycles. The summed E-state index contributed by atoms with van der Waals surface area (Å²) in [4.78, 5) is 32.1. The second kappa shape index (κ2) is 13.8. The highest BCUT2D eigenvalue weighted by molar-refractivity contribution is 6.03. The standard InChI is InChI=1S/C32H32F3N5O4/c1-36-27-4-2-3-5-28(27)39-29(41)15-8-21-6-9-22(10-7-21)30(37-16-17-40-19-26-18-24(40)20-43-26)31(42)38-23-11-13-25(14-12-23)44-32(33,34)35/h2-15,24,26,30,37H,1,16-20H2,(H,38,42)(H,39,41)/b15-8+. The van der Waals surface area contributed by atoms with E-state index in [4.69, 9.17) is 4.74 Å². The molecular weight excluding hydrogens is 575 g/mol. The molecule has 2 bridgehead atoms. The zero-order chi connectivity index (χ0) is 31.1. The molecule has 9 nitrogen and oxygen atoms in total. The summed E-state index contributed by atoms with van der Waals surface area (Å²) in [6.45, 7) is 6.35. The highest BCUT2D eigenvalue weighted by Crippen LogP contribution is 2.28. The van der Waals surface area contributed by atoms with Gasteiger partial charge in [0.15, 0.2) is 0 Å². The van der Waals surface area contributed by atoms with E-state index in [1.54, 1.807) is 54.6 Å². The van der Waals surface area contributed by atoms with Crippen molar-refractivity contribution in [2.45, 2.75) is 31.0 Å². The number of amides is 2. The van der Waals surface area contributed by atoms with Gasteiger partial charge in [-0.15, -0.1) is 13.2 Å². The fraction of sp³-hybridized carbons (Fsp3) is 0.281. The minimum Gasteiger partial charge on any atom is -0.406 e. The Morgan fingerprint density at radius 3 is 2.48 bits per heavy atom. The number of hydrogen-bond acceptors (Lipinski definition) is 7. The number of hydrogen-bond donors (Lipinski definition) is 3. The first-order valence-electron chi connectivity index (χ1n) is 14.1. The van der Waals surface area contributed by atoms with Crippen LogP contribution in [0.15, 0.2) is 83.9 Å². The second-order valence-electron chi connectivity index (χ2n) is 10.5. The summed E-state index contributed by atoms with van der Waals surface area (Å²) < 4.78 is 47.1. The van der Waals surface area contributed by atoms with E-state index in [1.165, 1.54) is 18.2 Å². The fourth-order valence-electron chi connectivity index (χ4n) is 5.28. The van der Waals surface area contributed by atoms with Crippen LogP contribution in [0.3, 0.4) is 0 Å². The van der Waals surface area contributed by atoms with Crippen molar-refractivity contribution in [2.75, 3.05) is 36.9 Å². The number of carbonyl (C=O) groups excluding carboxylic acids is 2. The maximum atomic E-state index is 13.4. The number of morpholine rings is 1. The van der Waals surface area contributed by atoms with Gasteiger partial charge in [-0.05, 0) is 66.7 Å². The van der Waals surface area contributed by atoms with Crippen LogP contribution in [0.5, 0.6) is 5.75 Å². The van der Waals surface area contributed by atoms with E-state index in [-0.39, 0.29) is 23.7 Å². The average molecular weight is 608 g/mol. The predicted octanol–water partition coefficient (Wildman–Crippen LogP) is 5.31. The van der Waals surface area contributed by atoms with Crippen LogP contribution in [0, 0.1) is 0 Å². The van der Waals surface area contributed by atoms with Gasteiger partial charge in [0, 0.05) is 37.4 Å². The molecular formula is C32H32F3N5O4. The van der Waals surface area contributed by atoms with Crippen molar-refractivity contribution in [3.63, 3.8) is 0 Å². The number of nitrogens with one attached hydrogen (secondary N) is 3. The van der Waals surface area contributed by atoms with E-state index in [0.717, 1.165) is 37.2 Å². The van der Waals surface area contributed by atoms with E-state index in [9.17, 15) is 22.8 Å². The summed E-state index contributed by atoms with van der Waals surface area (Å²) in [5.41, 5.74) is 2.85. The first-order valence-corrected chi connectivity index (χ1v) is 14.1. The Bertz CT molecular complexity index is 1490. The minimum atomic E-state index is -4.81. The van der Waals surface area contributed by atoms with Crippen LogP contribution < -0.4 is 20.7 Å². The number of fused-ring (bicyclic) bond motifs is 2. The number of alkyl halides is 3. The minimum absolute atomic E-state index is 0.263. The summed E-state index contributed by atoms with van der Waals surface area (Å²) in [7, 11) is 0. The molecule has 3 N–H and O–H groups in total. The van der Waals surface area contributed by atoms with Crippen molar-refractivity contribution in [1.29, 1.82) is 0 Å². The molecule has 3 aromatic carbocycles. The number of anilines is 2. The van der Waals surface area contributed by atoms with Gasteiger partial charge >= 0.3 is 6.36 Å². The van der Waals surface area contributed by atoms with E-state index in [1.807, 2.05) is 0 Å². The molecule has 2 amide bonds. The molecule has 2 saturated heterocycles. The molecule has 12 heteroatoms. The fourth-order valence-corrected chi connectivity index (χ4v) is 5.28. The van der Waals surface area contributed by atoms with Crippen molar-refractivity contribution in [3.8, 4) is 5.75 Å². The van der Waals surface area contributed by atoms with E-state index < -0.39 is 12.4 Å². The number of carbonyl (C=O) groups is 2. The average Bonchev–Trinajstić information content (AvgIpc) is 3.63. The second-order valence-corrected chi connectivity index (χ2v) is 10.5. The number of nitrogens with zero attached hydrogens (tertiary/aromatic N) is 2. The summed E-state index contributed by atoms with van der Waals surface area (Å²) >= 11 is 0. The lowest BCUT2D eigenvalue weighted by atomic mass is 10.0. The molecule has 44 heavy (non-hydrogen) atoms. The molecule has 0 spiro atoms. The van der Waals surface area contributed by atoms with Gasteiger partial charge in [0.25, 0.3) is 0 Å². The van der Waals surface area contributed by atoms with Crippen LogP contribution in [0.1, 0.15) is 23.6 Å². The highest BCUT2D eigenvalue weighted by Gasteiger charge is 2.38.